The summed E-state index contributed by atoms with van der Waals surface area (Å²) in [7, 11) is -3.51. The molecule has 34 heavy (non-hydrogen) atoms. The fraction of sp³-hybridized carbons (Fsp3) is 0.440. The SMILES string of the molecule is CC[C@@H](C)NC(=O)[C@@H](C)N(Cc1ccccc1Cl)C(=O)CCCN(c1ccccc1)S(C)(=O)=O. The Morgan fingerprint density at radius 3 is 2.24 bits per heavy atom. The van der Waals surface area contributed by atoms with Crippen LogP contribution < -0.4 is 9.62 Å². The van der Waals surface area contributed by atoms with E-state index in [0.29, 0.717) is 17.1 Å². The molecule has 2 aromatic carbocycles. The van der Waals surface area contributed by atoms with Gasteiger partial charge in [-0.25, -0.2) is 8.42 Å². The van der Waals surface area contributed by atoms with Crippen LogP contribution in [-0.2, 0) is 26.2 Å². The number of sulfonamides is 1. The number of anilines is 1. The summed E-state index contributed by atoms with van der Waals surface area (Å²) in [6, 6.07) is 15.3. The van der Waals surface area contributed by atoms with E-state index < -0.39 is 16.1 Å². The van der Waals surface area contributed by atoms with Crippen molar-refractivity contribution in [1.82, 2.24) is 10.2 Å². The Balaban J connectivity index is 2.16. The molecule has 186 valence electrons. The lowest BCUT2D eigenvalue weighted by Crippen LogP contribution is -2.49. The number of nitrogens with one attached hydrogen (secondary N) is 1. The van der Waals surface area contributed by atoms with Crippen molar-refractivity contribution in [1.29, 1.82) is 0 Å². The monoisotopic (exact) mass is 507 g/mol. The predicted octanol–water partition coefficient (Wildman–Crippen LogP) is 4.22. The Kier molecular flexibility index (Phi) is 10.4. The summed E-state index contributed by atoms with van der Waals surface area (Å²) in [5.41, 5.74) is 1.29. The highest BCUT2D eigenvalue weighted by Crippen LogP contribution is 2.21. The Morgan fingerprint density at radius 1 is 1.03 bits per heavy atom. The Bertz CT molecular complexity index is 1060. The number of benzene rings is 2. The molecule has 0 fully saturated rings. The van der Waals surface area contributed by atoms with Gasteiger partial charge in [-0.2, -0.15) is 0 Å². The van der Waals surface area contributed by atoms with Crippen LogP contribution in [0.3, 0.4) is 0 Å². The molecule has 0 aliphatic rings. The standard InChI is InChI=1S/C25H34ClN3O4S/c1-5-19(2)27-25(31)20(3)28(18-21-12-9-10-15-23(21)26)24(30)16-11-17-29(34(4,32)33)22-13-7-6-8-14-22/h6-10,12-15,19-20H,5,11,16-18H2,1-4H3,(H,27,31)/t19-,20-/m1/s1. The first-order valence-electron chi connectivity index (χ1n) is 11.4. The van der Waals surface area contributed by atoms with E-state index in [1.165, 1.54) is 9.21 Å². The van der Waals surface area contributed by atoms with Gasteiger partial charge in [0.15, 0.2) is 0 Å². The molecular formula is C25H34ClN3O4S. The van der Waals surface area contributed by atoms with Gasteiger partial charge in [0.2, 0.25) is 21.8 Å². The van der Waals surface area contributed by atoms with Crippen molar-refractivity contribution in [3.05, 3.63) is 65.2 Å². The molecule has 2 aromatic rings. The molecule has 1 N–H and O–H groups in total. The van der Waals surface area contributed by atoms with Gasteiger partial charge in [-0.05, 0) is 50.5 Å². The van der Waals surface area contributed by atoms with Gasteiger partial charge < -0.3 is 10.2 Å². The number of carbonyl (C=O) groups is 2. The number of halogens is 1. The minimum atomic E-state index is -3.51. The summed E-state index contributed by atoms with van der Waals surface area (Å²) in [4.78, 5) is 27.6. The summed E-state index contributed by atoms with van der Waals surface area (Å²) in [6.07, 6.45) is 2.31. The molecule has 0 saturated carbocycles. The van der Waals surface area contributed by atoms with E-state index in [1.807, 2.05) is 32.0 Å². The third kappa shape index (κ3) is 8.02. The summed E-state index contributed by atoms with van der Waals surface area (Å²) in [5, 5.41) is 3.44. The molecule has 2 rings (SSSR count). The molecule has 9 heteroatoms. The van der Waals surface area contributed by atoms with Gasteiger partial charge in [-0.3, -0.25) is 13.9 Å². The lowest BCUT2D eigenvalue weighted by Gasteiger charge is -2.30. The van der Waals surface area contributed by atoms with Gasteiger partial charge >= 0.3 is 0 Å². The molecule has 0 spiro atoms. The molecule has 2 atom stereocenters. The van der Waals surface area contributed by atoms with Crippen LogP contribution >= 0.6 is 11.6 Å². The second-order valence-electron chi connectivity index (χ2n) is 8.38. The lowest BCUT2D eigenvalue weighted by molar-refractivity contribution is -0.140. The molecule has 0 saturated heterocycles. The average molecular weight is 508 g/mol. The van der Waals surface area contributed by atoms with Crippen LogP contribution in [0.1, 0.15) is 45.6 Å². The third-order valence-corrected chi connectivity index (χ3v) is 7.23. The summed E-state index contributed by atoms with van der Waals surface area (Å²) >= 11 is 6.32. The molecule has 0 unspecified atom stereocenters. The van der Waals surface area contributed by atoms with Gasteiger partial charge in [0.05, 0.1) is 11.9 Å². The van der Waals surface area contributed by atoms with Crippen molar-refractivity contribution in [2.45, 2.75) is 58.7 Å². The van der Waals surface area contributed by atoms with E-state index in [1.54, 1.807) is 43.3 Å². The number of amides is 2. The molecule has 2 amide bonds. The van der Waals surface area contributed by atoms with Crippen molar-refractivity contribution in [2.75, 3.05) is 17.1 Å². The highest BCUT2D eigenvalue weighted by molar-refractivity contribution is 7.92. The van der Waals surface area contributed by atoms with Crippen LogP contribution in [0, 0.1) is 0 Å². The first kappa shape index (κ1) is 27.7. The van der Waals surface area contributed by atoms with Crippen LogP contribution in [0.5, 0.6) is 0 Å². The van der Waals surface area contributed by atoms with Crippen LogP contribution in [-0.4, -0.2) is 50.0 Å². The van der Waals surface area contributed by atoms with Crippen molar-refractivity contribution in [2.24, 2.45) is 0 Å². The minimum Gasteiger partial charge on any atom is -0.352 e. The summed E-state index contributed by atoms with van der Waals surface area (Å²) < 4.78 is 25.9. The number of para-hydroxylation sites is 1. The molecule has 0 aromatic heterocycles. The molecule has 0 heterocycles. The maximum Gasteiger partial charge on any atom is 0.242 e. The van der Waals surface area contributed by atoms with Crippen LogP contribution in [0.25, 0.3) is 0 Å². The van der Waals surface area contributed by atoms with E-state index in [9.17, 15) is 18.0 Å². The van der Waals surface area contributed by atoms with E-state index in [4.69, 9.17) is 11.6 Å². The molecule has 7 nitrogen and oxygen atoms in total. The zero-order chi connectivity index (χ0) is 25.3. The minimum absolute atomic E-state index is 0.0126. The second kappa shape index (κ2) is 12.8. The van der Waals surface area contributed by atoms with Crippen molar-refractivity contribution >= 4 is 39.1 Å². The van der Waals surface area contributed by atoms with Crippen molar-refractivity contribution in [3.8, 4) is 0 Å². The van der Waals surface area contributed by atoms with Gasteiger partial charge in [0.25, 0.3) is 0 Å². The van der Waals surface area contributed by atoms with Crippen molar-refractivity contribution < 1.29 is 18.0 Å². The van der Waals surface area contributed by atoms with E-state index in [2.05, 4.69) is 5.32 Å². The highest BCUT2D eigenvalue weighted by Gasteiger charge is 2.27. The number of hydrogen-bond acceptors (Lipinski definition) is 4. The van der Waals surface area contributed by atoms with Gasteiger partial charge in [-0.15, -0.1) is 0 Å². The zero-order valence-electron chi connectivity index (χ0n) is 20.2. The highest BCUT2D eigenvalue weighted by atomic mass is 35.5. The Hall–Kier alpha value is -2.58. The molecule has 0 aliphatic heterocycles. The largest absolute Gasteiger partial charge is 0.352 e. The first-order chi connectivity index (χ1) is 16.0. The van der Waals surface area contributed by atoms with E-state index >= 15 is 0 Å². The number of rotatable bonds is 12. The summed E-state index contributed by atoms with van der Waals surface area (Å²) in [5.74, 6) is -0.481. The Morgan fingerprint density at radius 2 is 1.65 bits per heavy atom. The molecular weight excluding hydrogens is 474 g/mol. The van der Waals surface area contributed by atoms with Crippen LogP contribution in [0.15, 0.2) is 54.6 Å². The van der Waals surface area contributed by atoms with Gasteiger partial charge in [0, 0.05) is 30.6 Å². The van der Waals surface area contributed by atoms with Crippen LogP contribution in [0.4, 0.5) is 5.69 Å². The predicted molar refractivity (Wildman–Crippen MR) is 137 cm³/mol. The lowest BCUT2D eigenvalue weighted by atomic mass is 10.1. The second-order valence-corrected chi connectivity index (χ2v) is 10.7. The zero-order valence-corrected chi connectivity index (χ0v) is 21.8. The maximum atomic E-state index is 13.3. The molecule has 0 radical (unpaired) electrons. The third-order valence-electron chi connectivity index (χ3n) is 5.66. The number of hydrogen-bond donors (Lipinski definition) is 1. The quantitative estimate of drug-likeness (QED) is 0.466. The van der Waals surface area contributed by atoms with Crippen LogP contribution in [0.2, 0.25) is 5.02 Å². The van der Waals surface area contributed by atoms with Crippen molar-refractivity contribution in [3.63, 3.8) is 0 Å². The van der Waals surface area contributed by atoms with Gasteiger partial charge in [-0.1, -0.05) is 54.9 Å². The number of carbonyl (C=O) groups excluding carboxylic acids is 2. The Labute approximate surface area is 208 Å². The first-order valence-corrected chi connectivity index (χ1v) is 13.6. The molecule has 0 bridgehead atoms. The summed E-state index contributed by atoms with van der Waals surface area (Å²) in [6.45, 7) is 5.92. The maximum absolute atomic E-state index is 13.3. The number of nitrogens with zero attached hydrogens (tertiary/aromatic N) is 2. The fourth-order valence-electron chi connectivity index (χ4n) is 3.46. The average Bonchev–Trinajstić information content (AvgIpc) is 2.80. The van der Waals surface area contributed by atoms with E-state index in [-0.39, 0.29) is 37.4 Å². The fourth-order valence-corrected chi connectivity index (χ4v) is 4.62. The van der Waals surface area contributed by atoms with E-state index in [0.717, 1.165) is 18.2 Å². The smallest absolute Gasteiger partial charge is 0.242 e. The van der Waals surface area contributed by atoms with Gasteiger partial charge in [0.1, 0.15) is 6.04 Å². The topological polar surface area (TPSA) is 86.8 Å². The normalized spacial score (nSPS) is 13.1. The molecule has 0 aliphatic carbocycles.